The molecule has 10 heteroatoms. The van der Waals surface area contributed by atoms with E-state index in [-0.39, 0.29) is 11.9 Å². The number of piperazine rings is 1. The molecule has 4 aromatic rings. The van der Waals surface area contributed by atoms with Gasteiger partial charge in [0.2, 0.25) is 5.95 Å². The van der Waals surface area contributed by atoms with Crippen molar-refractivity contribution < 1.29 is 18.4 Å². The Balaban J connectivity index is 1.55. The van der Waals surface area contributed by atoms with E-state index < -0.39 is 5.60 Å². The third-order valence-corrected chi connectivity index (χ3v) is 6.81. The van der Waals surface area contributed by atoms with Gasteiger partial charge < -0.3 is 23.6 Å². The lowest BCUT2D eigenvalue weighted by Gasteiger charge is -2.36. The molecule has 200 valence electrons. The Morgan fingerprint density at radius 2 is 1.79 bits per heavy atom. The van der Waals surface area contributed by atoms with Crippen molar-refractivity contribution in [1.82, 2.24) is 19.6 Å². The zero-order valence-corrected chi connectivity index (χ0v) is 23.0. The van der Waals surface area contributed by atoms with Crippen LogP contribution in [0, 0.1) is 19.7 Å². The summed E-state index contributed by atoms with van der Waals surface area (Å²) in [4.78, 5) is 21.6. The van der Waals surface area contributed by atoms with Gasteiger partial charge in [-0.05, 0) is 63.4 Å². The van der Waals surface area contributed by atoms with Crippen LogP contribution in [0.4, 0.5) is 15.1 Å². The zero-order valence-electron chi connectivity index (χ0n) is 22.2. The van der Waals surface area contributed by atoms with E-state index in [0.717, 1.165) is 33.7 Å². The zero-order chi connectivity index (χ0) is 27.2. The molecule has 0 atom stereocenters. The van der Waals surface area contributed by atoms with Crippen LogP contribution < -0.4 is 4.90 Å². The molecule has 38 heavy (non-hydrogen) atoms. The number of anilines is 1. The Hall–Kier alpha value is -3.59. The SMILES string of the molecule is Cc1cc(Cn2c(N3CCN(C(=O)OC(C)(C)C)CC3)nc3c(-c4cnoc4)cc(Cl)cc32)cc(C)c1F. The molecule has 5 rings (SSSR count). The van der Waals surface area contributed by atoms with Gasteiger partial charge in [0, 0.05) is 42.3 Å². The van der Waals surface area contributed by atoms with E-state index in [9.17, 15) is 9.18 Å². The molecular formula is C28H31ClFN5O3. The Morgan fingerprint density at radius 1 is 1.11 bits per heavy atom. The standard InChI is InChI=1S/C28H31ClFN5O3/c1-17-10-19(11-18(2)24(17)30)15-35-23-13-21(29)12-22(20-14-31-37-16-20)25(23)32-26(35)33-6-8-34(9-7-33)27(36)38-28(3,4)5/h10-14,16H,6-9,15H2,1-5H3. The van der Waals surface area contributed by atoms with Crippen LogP contribution in [0.1, 0.15) is 37.5 Å². The fourth-order valence-electron chi connectivity index (χ4n) is 4.86. The predicted octanol–water partition coefficient (Wildman–Crippen LogP) is 6.21. The first-order valence-electron chi connectivity index (χ1n) is 12.6. The van der Waals surface area contributed by atoms with Crippen LogP contribution in [0.2, 0.25) is 5.02 Å². The minimum atomic E-state index is -0.550. The van der Waals surface area contributed by atoms with Gasteiger partial charge >= 0.3 is 6.09 Å². The first kappa shape index (κ1) is 26.0. The van der Waals surface area contributed by atoms with E-state index >= 15 is 0 Å². The first-order chi connectivity index (χ1) is 18.0. The van der Waals surface area contributed by atoms with Crippen LogP contribution in [0.3, 0.4) is 0 Å². The summed E-state index contributed by atoms with van der Waals surface area (Å²) in [5.41, 5.74) is 4.80. The number of nitrogens with zero attached hydrogens (tertiary/aromatic N) is 5. The van der Waals surface area contributed by atoms with Gasteiger partial charge in [-0.1, -0.05) is 28.9 Å². The number of hydrogen-bond acceptors (Lipinski definition) is 6. The van der Waals surface area contributed by atoms with Gasteiger partial charge in [-0.25, -0.2) is 14.2 Å². The molecule has 0 unspecified atom stereocenters. The van der Waals surface area contributed by atoms with Gasteiger partial charge in [-0.2, -0.15) is 0 Å². The molecule has 1 amide bonds. The number of imidazole rings is 1. The number of fused-ring (bicyclic) bond motifs is 1. The number of carbonyl (C=O) groups is 1. The Bertz CT molecular complexity index is 1460. The normalized spacial score (nSPS) is 14.4. The molecule has 0 saturated carbocycles. The first-order valence-corrected chi connectivity index (χ1v) is 13.0. The second-order valence-corrected chi connectivity index (χ2v) is 11.2. The van der Waals surface area contributed by atoms with Crippen LogP contribution in [-0.4, -0.2) is 57.5 Å². The largest absolute Gasteiger partial charge is 0.444 e. The maximum absolute atomic E-state index is 14.4. The molecule has 2 aromatic carbocycles. The lowest BCUT2D eigenvalue weighted by molar-refractivity contribution is 0.0240. The van der Waals surface area contributed by atoms with Crippen molar-refractivity contribution in [2.24, 2.45) is 0 Å². The number of amides is 1. The fourth-order valence-corrected chi connectivity index (χ4v) is 5.07. The number of aryl methyl sites for hydroxylation is 2. The number of hydrogen-bond donors (Lipinski definition) is 0. The van der Waals surface area contributed by atoms with Gasteiger partial charge in [0.25, 0.3) is 0 Å². The molecule has 0 N–H and O–H groups in total. The van der Waals surface area contributed by atoms with Crippen LogP contribution >= 0.6 is 11.6 Å². The van der Waals surface area contributed by atoms with Gasteiger partial charge in [-0.15, -0.1) is 0 Å². The quantitative estimate of drug-likeness (QED) is 0.307. The summed E-state index contributed by atoms with van der Waals surface area (Å²) in [6.45, 7) is 11.8. The lowest BCUT2D eigenvalue weighted by atomic mass is 10.1. The second kappa shape index (κ2) is 9.94. The average Bonchev–Trinajstić information content (AvgIpc) is 3.50. The highest BCUT2D eigenvalue weighted by atomic mass is 35.5. The highest BCUT2D eigenvalue weighted by Crippen LogP contribution is 2.35. The van der Waals surface area contributed by atoms with Gasteiger partial charge in [-0.3, -0.25) is 0 Å². The second-order valence-electron chi connectivity index (χ2n) is 10.7. The van der Waals surface area contributed by atoms with Crippen molar-refractivity contribution >= 4 is 34.7 Å². The summed E-state index contributed by atoms with van der Waals surface area (Å²) in [7, 11) is 0. The molecule has 8 nitrogen and oxygen atoms in total. The van der Waals surface area contributed by atoms with Gasteiger partial charge in [0.05, 0.1) is 23.8 Å². The molecule has 1 aliphatic rings. The maximum atomic E-state index is 14.4. The van der Waals surface area contributed by atoms with Crippen molar-refractivity contribution in [3.05, 3.63) is 64.3 Å². The molecule has 1 saturated heterocycles. The van der Waals surface area contributed by atoms with E-state index in [1.165, 1.54) is 0 Å². The van der Waals surface area contributed by atoms with E-state index in [2.05, 4.69) is 14.6 Å². The smallest absolute Gasteiger partial charge is 0.410 e. The molecule has 1 aliphatic heterocycles. The van der Waals surface area contributed by atoms with E-state index in [0.29, 0.717) is 48.9 Å². The summed E-state index contributed by atoms with van der Waals surface area (Å²) < 4.78 is 27.1. The fraction of sp³-hybridized carbons (Fsp3) is 0.393. The van der Waals surface area contributed by atoms with Crippen LogP contribution in [0.15, 0.2) is 41.2 Å². The molecule has 1 fully saturated rings. The number of rotatable bonds is 4. The van der Waals surface area contributed by atoms with Gasteiger partial charge in [0.1, 0.15) is 17.7 Å². The van der Waals surface area contributed by atoms with Crippen molar-refractivity contribution in [2.75, 3.05) is 31.1 Å². The predicted molar refractivity (Wildman–Crippen MR) is 145 cm³/mol. The lowest BCUT2D eigenvalue weighted by Crippen LogP contribution is -2.50. The third kappa shape index (κ3) is 5.20. The molecule has 0 radical (unpaired) electrons. The average molecular weight is 540 g/mol. The van der Waals surface area contributed by atoms with Crippen molar-refractivity contribution in [3.8, 4) is 11.1 Å². The number of carbonyl (C=O) groups excluding carboxylic acids is 1. The topological polar surface area (TPSA) is 76.6 Å². The highest BCUT2D eigenvalue weighted by molar-refractivity contribution is 6.31. The summed E-state index contributed by atoms with van der Waals surface area (Å²) in [5, 5.41) is 4.41. The van der Waals surface area contributed by atoms with Gasteiger partial charge in [0.15, 0.2) is 0 Å². The minimum Gasteiger partial charge on any atom is -0.444 e. The van der Waals surface area contributed by atoms with Crippen molar-refractivity contribution in [2.45, 2.75) is 46.8 Å². The van der Waals surface area contributed by atoms with E-state index in [4.69, 9.17) is 25.8 Å². The van der Waals surface area contributed by atoms with Crippen LogP contribution in [0.5, 0.6) is 0 Å². The van der Waals surface area contributed by atoms with Crippen LogP contribution in [0.25, 0.3) is 22.2 Å². The molecular weight excluding hydrogens is 509 g/mol. The summed E-state index contributed by atoms with van der Waals surface area (Å²) in [5.74, 6) is 0.559. The van der Waals surface area contributed by atoms with Crippen molar-refractivity contribution in [1.29, 1.82) is 0 Å². The van der Waals surface area contributed by atoms with Crippen molar-refractivity contribution in [3.63, 3.8) is 0 Å². The molecule has 0 bridgehead atoms. The summed E-state index contributed by atoms with van der Waals surface area (Å²) in [6, 6.07) is 7.47. The minimum absolute atomic E-state index is 0.194. The highest BCUT2D eigenvalue weighted by Gasteiger charge is 2.29. The number of halogens is 2. The Kier molecular flexibility index (Phi) is 6.81. The Labute approximate surface area is 225 Å². The summed E-state index contributed by atoms with van der Waals surface area (Å²) in [6.07, 6.45) is 2.89. The number of aromatic nitrogens is 3. The molecule has 0 aliphatic carbocycles. The molecule has 0 spiro atoms. The monoisotopic (exact) mass is 539 g/mol. The van der Waals surface area contributed by atoms with E-state index in [1.54, 1.807) is 31.2 Å². The summed E-state index contributed by atoms with van der Waals surface area (Å²) >= 11 is 6.58. The van der Waals surface area contributed by atoms with E-state index in [1.807, 2.05) is 45.0 Å². The Morgan fingerprint density at radius 3 is 2.39 bits per heavy atom. The molecule has 3 heterocycles. The number of benzene rings is 2. The third-order valence-electron chi connectivity index (χ3n) is 6.59. The molecule has 2 aromatic heterocycles. The number of ether oxygens (including phenoxy) is 1. The maximum Gasteiger partial charge on any atom is 0.410 e. The van der Waals surface area contributed by atoms with Crippen LogP contribution in [-0.2, 0) is 11.3 Å².